The quantitative estimate of drug-likeness (QED) is 0.763. The molecule has 0 aliphatic rings. The van der Waals surface area contributed by atoms with Gasteiger partial charge in [-0.05, 0) is 25.5 Å². The van der Waals surface area contributed by atoms with Crippen LogP contribution in [0.4, 0.5) is 5.69 Å². The van der Waals surface area contributed by atoms with Crippen molar-refractivity contribution in [1.82, 2.24) is 0 Å². The number of hydrogen-bond donors (Lipinski definition) is 1. The molecule has 0 radical (unpaired) electrons. The van der Waals surface area contributed by atoms with E-state index in [1.54, 1.807) is 0 Å². The molecule has 0 aromatic heterocycles. The van der Waals surface area contributed by atoms with Gasteiger partial charge in [0.2, 0.25) is 0 Å². The first kappa shape index (κ1) is 14.3. The zero-order valence-corrected chi connectivity index (χ0v) is 11.3. The number of likely N-dealkylation sites (N-methyl/N-ethyl adjacent to an activating group) is 1. The van der Waals surface area contributed by atoms with Crippen LogP contribution < -0.4 is 10.6 Å². The van der Waals surface area contributed by atoms with Gasteiger partial charge in [0.15, 0.2) is 0 Å². The summed E-state index contributed by atoms with van der Waals surface area (Å²) >= 11 is 6.26. The van der Waals surface area contributed by atoms with Crippen molar-refractivity contribution >= 4 is 17.3 Å². The van der Waals surface area contributed by atoms with Crippen molar-refractivity contribution < 1.29 is 4.74 Å². The standard InChI is InChI=1S/C13H21ClN2O/c1-3-16(8-9-17-4-2)13-11(10-15)6-5-7-12(13)14/h5-7H,3-4,8-10,15H2,1-2H3. The van der Waals surface area contributed by atoms with Crippen molar-refractivity contribution in [3.63, 3.8) is 0 Å². The molecule has 0 heterocycles. The summed E-state index contributed by atoms with van der Waals surface area (Å²) in [4.78, 5) is 2.21. The monoisotopic (exact) mass is 256 g/mol. The average Bonchev–Trinajstić information content (AvgIpc) is 2.35. The second-order valence-corrected chi connectivity index (χ2v) is 4.14. The number of nitrogens with zero attached hydrogens (tertiary/aromatic N) is 1. The van der Waals surface area contributed by atoms with Crippen LogP contribution in [0, 0.1) is 0 Å². The van der Waals surface area contributed by atoms with Gasteiger partial charge in [-0.3, -0.25) is 0 Å². The van der Waals surface area contributed by atoms with Gasteiger partial charge in [-0.1, -0.05) is 23.7 Å². The van der Waals surface area contributed by atoms with Crippen molar-refractivity contribution in [2.24, 2.45) is 5.73 Å². The first-order chi connectivity index (χ1) is 8.24. The van der Waals surface area contributed by atoms with Gasteiger partial charge in [-0.2, -0.15) is 0 Å². The van der Waals surface area contributed by atoms with E-state index in [9.17, 15) is 0 Å². The van der Waals surface area contributed by atoms with Crippen LogP contribution in [-0.2, 0) is 11.3 Å². The van der Waals surface area contributed by atoms with E-state index in [-0.39, 0.29) is 0 Å². The van der Waals surface area contributed by atoms with E-state index in [2.05, 4.69) is 11.8 Å². The maximum atomic E-state index is 6.26. The second kappa shape index (κ2) is 7.54. The van der Waals surface area contributed by atoms with Crippen LogP contribution in [0.1, 0.15) is 19.4 Å². The molecular weight excluding hydrogens is 236 g/mol. The summed E-state index contributed by atoms with van der Waals surface area (Å²) in [6.07, 6.45) is 0. The largest absolute Gasteiger partial charge is 0.380 e. The Morgan fingerprint density at radius 1 is 1.35 bits per heavy atom. The number of rotatable bonds is 7. The molecule has 17 heavy (non-hydrogen) atoms. The average molecular weight is 257 g/mol. The topological polar surface area (TPSA) is 38.5 Å². The van der Waals surface area contributed by atoms with Crippen LogP contribution in [0.25, 0.3) is 0 Å². The van der Waals surface area contributed by atoms with Crippen molar-refractivity contribution in [1.29, 1.82) is 0 Å². The number of halogens is 1. The first-order valence-electron chi connectivity index (χ1n) is 6.04. The molecule has 0 aliphatic carbocycles. The van der Waals surface area contributed by atoms with E-state index in [4.69, 9.17) is 22.1 Å². The van der Waals surface area contributed by atoms with E-state index < -0.39 is 0 Å². The SMILES string of the molecule is CCOCCN(CC)c1c(Cl)cccc1CN. The minimum absolute atomic E-state index is 0.501. The Kier molecular flexibility index (Phi) is 6.34. The highest BCUT2D eigenvalue weighted by Gasteiger charge is 2.12. The molecule has 2 N–H and O–H groups in total. The molecule has 0 atom stereocenters. The maximum Gasteiger partial charge on any atom is 0.0642 e. The van der Waals surface area contributed by atoms with Crippen molar-refractivity contribution in [3.05, 3.63) is 28.8 Å². The van der Waals surface area contributed by atoms with Gasteiger partial charge in [0.25, 0.3) is 0 Å². The highest BCUT2D eigenvalue weighted by atomic mass is 35.5. The highest BCUT2D eigenvalue weighted by molar-refractivity contribution is 6.33. The Hall–Kier alpha value is -0.770. The molecule has 0 saturated carbocycles. The third kappa shape index (κ3) is 3.87. The summed E-state index contributed by atoms with van der Waals surface area (Å²) in [5.41, 5.74) is 7.87. The summed E-state index contributed by atoms with van der Waals surface area (Å²) in [5.74, 6) is 0. The molecule has 4 heteroatoms. The third-order valence-electron chi connectivity index (χ3n) is 2.70. The molecule has 0 unspecified atom stereocenters. The zero-order valence-electron chi connectivity index (χ0n) is 10.6. The molecule has 0 aliphatic heterocycles. The lowest BCUT2D eigenvalue weighted by atomic mass is 10.1. The summed E-state index contributed by atoms with van der Waals surface area (Å²) in [6, 6.07) is 5.86. The lowest BCUT2D eigenvalue weighted by Crippen LogP contribution is -2.28. The summed E-state index contributed by atoms with van der Waals surface area (Å²) in [5, 5.41) is 0.756. The number of hydrogen-bond acceptors (Lipinski definition) is 3. The fourth-order valence-electron chi connectivity index (χ4n) is 1.83. The number of ether oxygens (including phenoxy) is 1. The Morgan fingerprint density at radius 3 is 2.71 bits per heavy atom. The molecule has 1 aromatic rings. The molecule has 96 valence electrons. The molecule has 0 spiro atoms. The first-order valence-corrected chi connectivity index (χ1v) is 6.42. The van der Waals surface area contributed by atoms with Gasteiger partial charge in [-0.25, -0.2) is 0 Å². The number of nitrogens with two attached hydrogens (primary N) is 1. The van der Waals surface area contributed by atoms with Crippen LogP contribution in [-0.4, -0.2) is 26.3 Å². The van der Waals surface area contributed by atoms with E-state index in [0.29, 0.717) is 13.2 Å². The smallest absolute Gasteiger partial charge is 0.0642 e. The fourth-order valence-corrected chi connectivity index (χ4v) is 2.14. The minimum Gasteiger partial charge on any atom is -0.380 e. The van der Waals surface area contributed by atoms with Gasteiger partial charge in [0.05, 0.1) is 17.3 Å². The Balaban J connectivity index is 2.86. The minimum atomic E-state index is 0.501. The molecule has 0 bridgehead atoms. The highest BCUT2D eigenvalue weighted by Crippen LogP contribution is 2.29. The number of benzene rings is 1. The number of para-hydroxylation sites is 1. The van der Waals surface area contributed by atoms with E-state index in [0.717, 1.165) is 36.0 Å². The van der Waals surface area contributed by atoms with Crippen molar-refractivity contribution in [3.8, 4) is 0 Å². The third-order valence-corrected chi connectivity index (χ3v) is 3.00. The van der Waals surface area contributed by atoms with Crippen molar-refractivity contribution in [2.75, 3.05) is 31.2 Å². The lowest BCUT2D eigenvalue weighted by Gasteiger charge is -2.26. The molecular formula is C13H21ClN2O. The molecule has 1 aromatic carbocycles. The summed E-state index contributed by atoms with van der Waals surface area (Å²) < 4.78 is 5.38. The molecule has 0 amide bonds. The molecule has 0 saturated heterocycles. The van der Waals surface area contributed by atoms with Gasteiger partial charge in [-0.15, -0.1) is 0 Å². The number of anilines is 1. The molecule has 3 nitrogen and oxygen atoms in total. The van der Waals surface area contributed by atoms with E-state index >= 15 is 0 Å². The van der Waals surface area contributed by atoms with Gasteiger partial charge in [0, 0.05) is 26.2 Å². The predicted octanol–water partition coefficient (Wildman–Crippen LogP) is 2.66. The normalized spacial score (nSPS) is 10.6. The lowest BCUT2D eigenvalue weighted by molar-refractivity contribution is 0.154. The molecule has 0 fully saturated rings. The molecule has 1 rings (SSSR count). The Morgan fingerprint density at radius 2 is 2.12 bits per heavy atom. The summed E-state index contributed by atoms with van der Waals surface area (Å²) in [7, 11) is 0. The summed E-state index contributed by atoms with van der Waals surface area (Å²) in [6.45, 7) is 7.78. The Labute approximate surface area is 109 Å². The van der Waals surface area contributed by atoms with Gasteiger partial charge in [0.1, 0.15) is 0 Å². The van der Waals surface area contributed by atoms with Gasteiger partial charge >= 0.3 is 0 Å². The fraction of sp³-hybridized carbons (Fsp3) is 0.538. The predicted molar refractivity (Wildman–Crippen MR) is 73.7 cm³/mol. The van der Waals surface area contributed by atoms with Crippen LogP contribution in [0.2, 0.25) is 5.02 Å². The van der Waals surface area contributed by atoms with Crippen LogP contribution in [0.15, 0.2) is 18.2 Å². The Bertz CT molecular complexity index is 344. The van der Waals surface area contributed by atoms with E-state index in [1.807, 2.05) is 25.1 Å². The van der Waals surface area contributed by atoms with Crippen LogP contribution in [0.5, 0.6) is 0 Å². The van der Waals surface area contributed by atoms with Gasteiger partial charge < -0.3 is 15.4 Å². The van der Waals surface area contributed by atoms with Crippen LogP contribution in [0.3, 0.4) is 0 Å². The maximum absolute atomic E-state index is 6.26. The van der Waals surface area contributed by atoms with Crippen LogP contribution >= 0.6 is 11.6 Å². The van der Waals surface area contributed by atoms with E-state index in [1.165, 1.54) is 0 Å². The van der Waals surface area contributed by atoms with Crippen molar-refractivity contribution in [2.45, 2.75) is 20.4 Å². The second-order valence-electron chi connectivity index (χ2n) is 3.73. The zero-order chi connectivity index (χ0) is 12.7.